The van der Waals surface area contributed by atoms with E-state index < -0.39 is 206 Å². The zero-order valence-electron chi connectivity index (χ0n) is 28.9. The standard InChI is InChI=1S/C38H3BF22O2/c40-6-2-1-5(4-3-7(41)17(42)22(47)8(4)6)39(62-37-15-13(27(52)33(58)35(37)60)18(43)9-11(20(15)45)25(50)31(56)29(54)23(9)48)63-38-16-14(28(53)34(59)36(38)61)19(44)10-12(21(16)46)26(51)32(57)30(55)24(10)49/h1-3H. The molecule has 0 atom stereocenters. The van der Waals surface area contributed by atoms with Crippen molar-refractivity contribution in [1.29, 1.82) is 0 Å². The van der Waals surface area contributed by atoms with Gasteiger partial charge in [-0.3, -0.25) is 0 Å². The first-order chi connectivity index (χ1) is 29.5. The molecule has 0 radical (unpaired) electrons. The zero-order valence-corrected chi connectivity index (χ0v) is 28.9. The number of hydrogen-bond acceptors (Lipinski definition) is 2. The summed E-state index contributed by atoms with van der Waals surface area (Å²) in [6.07, 6.45) is 0. The van der Waals surface area contributed by atoms with Gasteiger partial charge in [0.25, 0.3) is 0 Å². The molecule has 8 rings (SSSR count). The smallest absolute Gasteiger partial charge is 0.519 e. The second-order valence-corrected chi connectivity index (χ2v) is 12.9. The van der Waals surface area contributed by atoms with Gasteiger partial charge in [0, 0.05) is 5.46 Å². The number of hydrogen-bond donors (Lipinski definition) is 0. The summed E-state index contributed by atoms with van der Waals surface area (Å²) >= 11 is 0. The summed E-state index contributed by atoms with van der Waals surface area (Å²) in [7, 11) is -3.63. The average Bonchev–Trinajstić information content (AvgIpc) is 3.24. The first-order valence-corrected chi connectivity index (χ1v) is 16.3. The van der Waals surface area contributed by atoms with Crippen molar-refractivity contribution < 1.29 is 106 Å². The van der Waals surface area contributed by atoms with E-state index in [9.17, 15) is 43.9 Å². The van der Waals surface area contributed by atoms with Crippen molar-refractivity contribution in [3.05, 3.63) is 146 Å². The van der Waals surface area contributed by atoms with Gasteiger partial charge in [0.2, 0.25) is 11.6 Å². The minimum Gasteiger partial charge on any atom is -0.519 e. The Balaban J connectivity index is 1.54. The Kier molecular flexibility index (Phi) is 9.78. The highest BCUT2D eigenvalue weighted by molar-refractivity contribution is 6.66. The van der Waals surface area contributed by atoms with Crippen LogP contribution in [0.15, 0.2) is 18.2 Å². The van der Waals surface area contributed by atoms with Gasteiger partial charge in [-0.1, -0.05) is 6.07 Å². The Morgan fingerprint density at radius 3 is 0.889 bits per heavy atom. The van der Waals surface area contributed by atoms with Gasteiger partial charge in [0.15, 0.2) is 98.8 Å². The lowest BCUT2D eigenvalue weighted by Crippen LogP contribution is -2.44. The maximum atomic E-state index is 16.2. The molecule has 8 aromatic rings. The van der Waals surface area contributed by atoms with Crippen LogP contribution in [0.5, 0.6) is 11.5 Å². The van der Waals surface area contributed by atoms with E-state index in [0.717, 1.165) is 0 Å². The van der Waals surface area contributed by atoms with Gasteiger partial charge in [0.05, 0.1) is 48.5 Å². The third kappa shape index (κ3) is 5.65. The topological polar surface area (TPSA) is 18.5 Å². The molecule has 0 amide bonds. The minimum atomic E-state index is -3.63. The molecule has 25 heteroatoms. The van der Waals surface area contributed by atoms with Crippen LogP contribution in [0.25, 0.3) is 53.9 Å². The van der Waals surface area contributed by atoms with E-state index in [0.29, 0.717) is 0 Å². The molecule has 0 bridgehead atoms. The molecule has 0 aliphatic heterocycles. The molecule has 0 unspecified atom stereocenters. The summed E-state index contributed by atoms with van der Waals surface area (Å²) in [4.78, 5) is 0. The normalized spacial score (nSPS) is 12.0. The third-order valence-electron chi connectivity index (χ3n) is 9.68. The highest BCUT2D eigenvalue weighted by Gasteiger charge is 2.41. The number of benzene rings is 8. The van der Waals surface area contributed by atoms with E-state index in [1.807, 2.05) is 0 Å². The van der Waals surface area contributed by atoms with Crippen molar-refractivity contribution >= 4 is 66.4 Å². The molecular weight excluding hydrogens is 917 g/mol. The molecule has 0 spiro atoms. The van der Waals surface area contributed by atoms with Crippen molar-refractivity contribution in [2.24, 2.45) is 0 Å². The molecule has 0 aromatic heterocycles. The molecule has 0 aliphatic rings. The Morgan fingerprint density at radius 2 is 0.540 bits per heavy atom. The van der Waals surface area contributed by atoms with Crippen molar-refractivity contribution in [1.82, 2.24) is 0 Å². The fraction of sp³-hybridized carbons (Fsp3) is 0. The van der Waals surface area contributed by atoms with E-state index in [2.05, 4.69) is 0 Å². The van der Waals surface area contributed by atoms with Gasteiger partial charge < -0.3 is 9.31 Å². The van der Waals surface area contributed by atoms with Crippen LogP contribution in [0.2, 0.25) is 0 Å². The van der Waals surface area contributed by atoms with Crippen LogP contribution >= 0.6 is 0 Å². The van der Waals surface area contributed by atoms with Gasteiger partial charge in [-0.25, -0.2) is 87.8 Å². The Morgan fingerprint density at radius 1 is 0.254 bits per heavy atom. The Labute approximate surface area is 330 Å². The van der Waals surface area contributed by atoms with Crippen LogP contribution in [0.1, 0.15) is 0 Å². The fourth-order valence-electron chi connectivity index (χ4n) is 6.88. The predicted molar refractivity (Wildman–Crippen MR) is 173 cm³/mol. The number of fused-ring (bicyclic) bond motifs is 5. The van der Waals surface area contributed by atoms with Crippen LogP contribution in [0.3, 0.4) is 0 Å². The van der Waals surface area contributed by atoms with Gasteiger partial charge >= 0.3 is 7.12 Å². The monoisotopic (exact) mass is 920 g/mol. The van der Waals surface area contributed by atoms with Gasteiger partial charge in [-0.2, -0.15) is 8.78 Å². The average molecular weight is 920 g/mol. The molecule has 324 valence electrons. The number of halogens is 22. The molecule has 0 N–H and O–H groups in total. The molecule has 8 aromatic carbocycles. The maximum Gasteiger partial charge on any atom is 0.633 e. The van der Waals surface area contributed by atoms with E-state index in [-0.39, 0.29) is 18.2 Å². The van der Waals surface area contributed by atoms with Crippen LogP contribution in [0.4, 0.5) is 96.6 Å². The highest BCUT2D eigenvalue weighted by Crippen LogP contribution is 2.46. The first-order valence-electron chi connectivity index (χ1n) is 16.3. The summed E-state index contributed by atoms with van der Waals surface area (Å²) in [5, 5.41) is -22.1. The van der Waals surface area contributed by atoms with Gasteiger partial charge in [-0.05, 0) is 17.5 Å². The Bertz CT molecular complexity index is 3270. The SMILES string of the molecule is Fc1cc2c(B(Oc3c(F)c(F)c(F)c4c(F)c5c(F)c(F)c(F)c(F)c5c(F)c34)Oc3c(F)c(F)c(F)c4c(F)c5c(F)c(F)c(F)c(F)c5c(F)c34)ccc(F)c2c(F)c1F. The molecular formula is C38H3BF22O2. The van der Waals surface area contributed by atoms with E-state index in [4.69, 9.17) is 9.31 Å². The maximum absolute atomic E-state index is 16.2. The minimum absolute atomic E-state index is 0.0176. The largest absolute Gasteiger partial charge is 0.633 e. The quantitative estimate of drug-likeness (QED) is 0.0563. The first kappa shape index (κ1) is 42.9. The van der Waals surface area contributed by atoms with Crippen molar-refractivity contribution in [3.63, 3.8) is 0 Å². The summed E-state index contributed by atoms with van der Waals surface area (Å²) in [6.45, 7) is 0. The molecule has 0 heterocycles. The van der Waals surface area contributed by atoms with Gasteiger partial charge in [-0.15, -0.1) is 0 Å². The van der Waals surface area contributed by atoms with Gasteiger partial charge in [0.1, 0.15) is 29.1 Å². The fourth-order valence-corrected chi connectivity index (χ4v) is 6.88. The summed E-state index contributed by atoms with van der Waals surface area (Å²) in [5.41, 5.74) is -1.53. The third-order valence-corrected chi connectivity index (χ3v) is 9.68. The van der Waals surface area contributed by atoms with Crippen molar-refractivity contribution in [2.45, 2.75) is 0 Å². The summed E-state index contributed by atoms with van der Waals surface area (Å²) < 4.78 is 342. The lowest BCUT2D eigenvalue weighted by molar-refractivity contribution is 0.377. The van der Waals surface area contributed by atoms with Crippen LogP contribution in [-0.2, 0) is 0 Å². The van der Waals surface area contributed by atoms with Crippen molar-refractivity contribution in [2.75, 3.05) is 0 Å². The molecule has 2 nitrogen and oxygen atoms in total. The molecule has 0 fully saturated rings. The molecule has 0 saturated heterocycles. The van der Waals surface area contributed by atoms with Crippen LogP contribution in [0, 0.1) is 128 Å². The lowest BCUT2D eigenvalue weighted by atomic mass is 9.75. The molecule has 63 heavy (non-hydrogen) atoms. The lowest BCUT2D eigenvalue weighted by Gasteiger charge is -2.23. The second kappa shape index (κ2) is 14.4. The number of rotatable bonds is 5. The zero-order chi connectivity index (χ0) is 46.3. The predicted octanol–water partition coefficient (Wildman–Crippen LogP) is 12.4. The van der Waals surface area contributed by atoms with Crippen molar-refractivity contribution in [3.8, 4) is 11.5 Å². The van der Waals surface area contributed by atoms with E-state index >= 15 is 52.7 Å². The second-order valence-electron chi connectivity index (χ2n) is 12.9. The van der Waals surface area contributed by atoms with E-state index in [1.54, 1.807) is 0 Å². The summed E-state index contributed by atoms with van der Waals surface area (Å²) in [6, 6.07) is -0.0698. The highest BCUT2D eigenvalue weighted by atomic mass is 19.2. The van der Waals surface area contributed by atoms with Crippen LogP contribution < -0.4 is 14.8 Å². The van der Waals surface area contributed by atoms with E-state index in [1.165, 1.54) is 0 Å². The molecule has 0 saturated carbocycles. The Hall–Kier alpha value is -6.82. The summed E-state index contributed by atoms with van der Waals surface area (Å²) in [5.74, 6) is -66.1. The molecule has 0 aliphatic carbocycles. The van der Waals surface area contributed by atoms with Crippen LogP contribution in [-0.4, -0.2) is 7.12 Å².